The van der Waals surface area contributed by atoms with Crippen LogP contribution in [-0.2, 0) is 14.8 Å². The second-order valence-corrected chi connectivity index (χ2v) is 9.97. The number of amides is 1. The van der Waals surface area contributed by atoms with Crippen LogP contribution < -0.4 is 0 Å². The number of carbonyl (C=O) groups excluding carboxylic acids is 1. The van der Waals surface area contributed by atoms with Crippen LogP contribution in [0.5, 0.6) is 0 Å². The highest BCUT2D eigenvalue weighted by molar-refractivity contribution is 7.88. The van der Waals surface area contributed by atoms with E-state index in [2.05, 4.69) is 10.2 Å². The van der Waals surface area contributed by atoms with E-state index in [1.54, 1.807) is 12.1 Å². The monoisotopic (exact) mass is 436 g/mol. The minimum atomic E-state index is -3.19. The first-order chi connectivity index (χ1) is 14.3. The first-order valence-corrected chi connectivity index (χ1v) is 12.0. The first-order valence-electron chi connectivity index (χ1n) is 10.1. The maximum Gasteiger partial charge on any atom is 0.247 e. The molecule has 0 N–H and O–H groups in total. The van der Waals surface area contributed by atoms with Crippen LogP contribution in [0.3, 0.4) is 0 Å². The molecule has 1 amide bonds. The molecule has 0 unspecified atom stereocenters. The molecule has 0 spiro atoms. The van der Waals surface area contributed by atoms with E-state index >= 15 is 0 Å². The molecule has 0 aliphatic carbocycles. The summed E-state index contributed by atoms with van der Waals surface area (Å²) in [6.07, 6.45) is 3.81. The Bertz CT molecular complexity index is 992. The van der Waals surface area contributed by atoms with E-state index in [4.69, 9.17) is 4.42 Å². The third-order valence-electron chi connectivity index (χ3n) is 5.96. The van der Waals surface area contributed by atoms with Gasteiger partial charge in [0.05, 0.1) is 6.26 Å². The Hall–Kier alpha value is -2.33. The van der Waals surface area contributed by atoms with Crippen molar-refractivity contribution in [3.05, 3.63) is 36.0 Å². The summed E-state index contributed by atoms with van der Waals surface area (Å²) in [6.45, 7) is 2.04. The molecule has 0 saturated carbocycles. The number of hydrogen-bond donors (Lipinski definition) is 0. The Morgan fingerprint density at radius 2 is 1.67 bits per heavy atom. The molecule has 2 aliphatic heterocycles. The van der Waals surface area contributed by atoms with Gasteiger partial charge in [-0.3, -0.25) is 4.79 Å². The van der Waals surface area contributed by atoms with Gasteiger partial charge in [-0.15, -0.1) is 10.2 Å². The summed E-state index contributed by atoms with van der Waals surface area (Å²) in [6, 6.07) is 5.90. The van der Waals surface area contributed by atoms with Crippen molar-refractivity contribution in [2.24, 2.45) is 5.92 Å². The normalized spacial score (nSPS) is 19.9. The van der Waals surface area contributed by atoms with E-state index in [-0.39, 0.29) is 23.6 Å². The second kappa shape index (κ2) is 8.43. The van der Waals surface area contributed by atoms with Gasteiger partial charge in [0.2, 0.25) is 27.7 Å². The highest BCUT2D eigenvalue weighted by atomic mass is 32.2. The smallest absolute Gasteiger partial charge is 0.247 e. The lowest BCUT2D eigenvalue weighted by molar-refractivity contribution is -0.137. The van der Waals surface area contributed by atoms with Crippen molar-refractivity contribution in [3.63, 3.8) is 0 Å². The third kappa shape index (κ3) is 4.54. The predicted octanol–water partition coefficient (Wildman–Crippen LogP) is 2.25. The van der Waals surface area contributed by atoms with Gasteiger partial charge in [-0.05, 0) is 49.9 Å². The third-order valence-corrected chi connectivity index (χ3v) is 7.26. The minimum Gasteiger partial charge on any atom is -0.420 e. The average molecular weight is 437 g/mol. The molecule has 2 saturated heterocycles. The first kappa shape index (κ1) is 20.9. The van der Waals surface area contributed by atoms with E-state index < -0.39 is 10.0 Å². The van der Waals surface area contributed by atoms with Crippen LogP contribution in [0, 0.1) is 11.7 Å². The number of halogens is 1. The maximum absolute atomic E-state index is 13.1. The molecule has 0 atom stereocenters. The van der Waals surface area contributed by atoms with Gasteiger partial charge in [0.25, 0.3) is 0 Å². The number of likely N-dealkylation sites (tertiary alicyclic amines) is 1. The summed E-state index contributed by atoms with van der Waals surface area (Å²) in [7, 11) is -3.19. The van der Waals surface area contributed by atoms with Crippen molar-refractivity contribution < 1.29 is 22.0 Å². The zero-order chi connectivity index (χ0) is 21.3. The molecule has 1 aromatic carbocycles. The predicted molar refractivity (Wildman–Crippen MR) is 107 cm³/mol. The summed E-state index contributed by atoms with van der Waals surface area (Å²) < 4.78 is 43.6. The lowest BCUT2D eigenvalue weighted by Gasteiger charge is -2.36. The Morgan fingerprint density at radius 1 is 1.03 bits per heavy atom. The van der Waals surface area contributed by atoms with Crippen LogP contribution in [0.2, 0.25) is 0 Å². The quantitative estimate of drug-likeness (QED) is 0.729. The number of piperidine rings is 2. The highest BCUT2D eigenvalue weighted by Gasteiger charge is 2.34. The van der Waals surface area contributed by atoms with Crippen LogP contribution in [0.15, 0.2) is 28.7 Å². The van der Waals surface area contributed by atoms with Gasteiger partial charge in [0.1, 0.15) is 5.82 Å². The van der Waals surface area contributed by atoms with E-state index in [1.807, 2.05) is 4.90 Å². The second-order valence-electron chi connectivity index (χ2n) is 7.99. The zero-order valence-corrected chi connectivity index (χ0v) is 17.6. The fraction of sp³-hybridized carbons (Fsp3) is 0.550. The molecule has 2 aliphatic rings. The van der Waals surface area contributed by atoms with Gasteiger partial charge in [-0.1, -0.05) is 0 Å². The number of aromatic nitrogens is 2. The summed E-state index contributed by atoms with van der Waals surface area (Å²) in [4.78, 5) is 14.7. The van der Waals surface area contributed by atoms with E-state index in [0.717, 1.165) is 12.8 Å². The van der Waals surface area contributed by atoms with Crippen molar-refractivity contribution in [1.82, 2.24) is 19.4 Å². The molecule has 0 radical (unpaired) electrons. The maximum atomic E-state index is 13.1. The number of benzene rings is 1. The van der Waals surface area contributed by atoms with Crippen molar-refractivity contribution in [1.29, 1.82) is 0 Å². The minimum absolute atomic E-state index is 0.0860. The van der Waals surface area contributed by atoms with Crippen LogP contribution >= 0.6 is 0 Å². The average Bonchev–Trinajstić information content (AvgIpc) is 3.24. The van der Waals surface area contributed by atoms with Crippen molar-refractivity contribution >= 4 is 15.9 Å². The molecule has 0 bridgehead atoms. The fourth-order valence-electron chi connectivity index (χ4n) is 4.15. The van der Waals surface area contributed by atoms with Gasteiger partial charge >= 0.3 is 0 Å². The summed E-state index contributed by atoms with van der Waals surface area (Å²) >= 11 is 0. The number of nitrogens with zero attached hydrogens (tertiary/aromatic N) is 4. The molecule has 30 heavy (non-hydrogen) atoms. The number of rotatable bonds is 4. The number of sulfonamides is 1. The van der Waals surface area contributed by atoms with Crippen molar-refractivity contribution in [2.75, 3.05) is 32.4 Å². The molecule has 2 aromatic rings. The molecule has 3 heterocycles. The zero-order valence-electron chi connectivity index (χ0n) is 16.8. The molecular weight excluding hydrogens is 411 g/mol. The summed E-state index contributed by atoms with van der Waals surface area (Å²) in [5.74, 6) is 0.663. The Labute approximate surface area is 175 Å². The molecule has 2 fully saturated rings. The standard InChI is InChI=1S/C20H25FN4O4S/c1-30(27,28)25-12-8-16(9-13-25)20(26)24-10-6-15(7-11-24)19-23-22-18(29-19)14-2-4-17(21)5-3-14/h2-5,15-16H,6-13H2,1H3. The lowest BCUT2D eigenvalue weighted by Crippen LogP contribution is -2.46. The number of hydrogen-bond acceptors (Lipinski definition) is 6. The van der Waals surface area contributed by atoms with Gasteiger partial charge in [-0.25, -0.2) is 17.1 Å². The van der Waals surface area contributed by atoms with E-state index in [0.29, 0.717) is 56.4 Å². The molecular formula is C20H25FN4O4S. The highest BCUT2D eigenvalue weighted by Crippen LogP contribution is 2.31. The van der Waals surface area contributed by atoms with Crippen LogP contribution in [-0.4, -0.2) is 66.2 Å². The van der Waals surface area contributed by atoms with Crippen LogP contribution in [0.1, 0.15) is 37.5 Å². The van der Waals surface area contributed by atoms with Gasteiger partial charge < -0.3 is 9.32 Å². The van der Waals surface area contributed by atoms with Crippen LogP contribution in [0.4, 0.5) is 4.39 Å². The van der Waals surface area contributed by atoms with Gasteiger partial charge in [0.15, 0.2) is 0 Å². The summed E-state index contributed by atoms with van der Waals surface area (Å²) in [5.41, 5.74) is 0.670. The van der Waals surface area contributed by atoms with Gasteiger partial charge in [0, 0.05) is 43.6 Å². The SMILES string of the molecule is CS(=O)(=O)N1CCC(C(=O)N2CCC(c3nnc(-c4ccc(F)cc4)o3)CC2)CC1. The molecule has 1 aromatic heterocycles. The van der Waals surface area contributed by atoms with E-state index in [1.165, 1.54) is 22.7 Å². The summed E-state index contributed by atoms with van der Waals surface area (Å²) in [5, 5.41) is 8.23. The molecule has 4 rings (SSSR count). The number of carbonyl (C=O) groups is 1. The largest absolute Gasteiger partial charge is 0.420 e. The van der Waals surface area contributed by atoms with Crippen molar-refractivity contribution in [3.8, 4) is 11.5 Å². The van der Waals surface area contributed by atoms with E-state index in [9.17, 15) is 17.6 Å². The lowest BCUT2D eigenvalue weighted by atomic mass is 9.92. The topological polar surface area (TPSA) is 96.6 Å². The molecule has 8 nitrogen and oxygen atoms in total. The molecule has 10 heteroatoms. The van der Waals surface area contributed by atoms with Crippen LogP contribution in [0.25, 0.3) is 11.5 Å². The van der Waals surface area contributed by atoms with Crippen molar-refractivity contribution in [2.45, 2.75) is 31.6 Å². The van der Waals surface area contributed by atoms with Gasteiger partial charge in [-0.2, -0.15) is 0 Å². The fourth-order valence-corrected chi connectivity index (χ4v) is 5.02. The Balaban J connectivity index is 1.31. The Morgan fingerprint density at radius 3 is 2.27 bits per heavy atom. The molecule has 162 valence electrons. The Kier molecular flexibility index (Phi) is 5.88.